The van der Waals surface area contributed by atoms with Gasteiger partial charge in [-0.05, 0) is 18.3 Å². The van der Waals surface area contributed by atoms with Crippen molar-refractivity contribution in [3.05, 3.63) is 18.2 Å². The second-order valence-electron chi connectivity index (χ2n) is 4.20. The summed E-state index contributed by atoms with van der Waals surface area (Å²) in [5, 5.41) is 0. The zero-order valence-electron chi connectivity index (χ0n) is 8.27. The standard InChI is InChI=1S/C10H17N3/c1-7-5-8(7)9(11)6-10-12-3-4-13(10)2/h3-4,7-9H,5-6,11H2,1-2H3. The molecule has 2 rings (SSSR count). The van der Waals surface area contributed by atoms with Crippen LogP contribution in [-0.2, 0) is 13.5 Å². The van der Waals surface area contributed by atoms with Gasteiger partial charge in [0.25, 0.3) is 0 Å². The number of aryl methyl sites for hydroxylation is 1. The first-order valence-electron chi connectivity index (χ1n) is 4.90. The van der Waals surface area contributed by atoms with Gasteiger partial charge >= 0.3 is 0 Å². The van der Waals surface area contributed by atoms with E-state index in [9.17, 15) is 0 Å². The highest BCUT2D eigenvalue weighted by atomic mass is 15.0. The molecule has 2 N–H and O–H groups in total. The molecular formula is C10H17N3. The molecule has 1 saturated carbocycles. The summed E-state index contributed by atoms with van der Waals surface area (Å²) >= 11 is 0. The van der Waals surface area contributed by atoms with Crippen LogP contribution in [-0.4, -0.2) is 15.6 Å². The van der Waals surface area contributed by atoms with Crippen LogP contribution in [0.4, 0.5) is 0 Å². The fraction of sp³-hybridized carbons (Fsp3) is 0.700. The molecule has 0 bridgehead atoms. The lowest BCUT2D eigenvalue weighted by Crippen LogP contribution is -2.27. The Bertz CT molecular complexity index is 292. The summed E-state index contributed by atoms with van der Waals surface area (Å²) in [5.41, 5.74) is 6.08. The van der Waals surface area contributed by atoms with Crippen LogP contribution in [0, 0.1) is 11.8 Å². The van der Waals surface area contributed by atoms with Gasteiger partial charge in [0.2, 0.25) is 0 Å². The molecule has 1 fully saturated rings. The van der Waals surface area contributed by atoms with E-state index in [0.717, 1.165) is 24.1 Å². The van der Waals surface area contributed by atoms with Gasteiger partial charge in [-0.1, -0.05) is 6.92 Å². The first kappa shape index (κ1) is 8.75. The highest BCUT2D eigenvalue weighted by Gasteiger charge is 2.37. The first-order valence-corrected chi connectivity index (χ1v) is 4.90. The van der Waals surface area contributed by atoms with Crippen molar-refractivity contribution in [1.29, 1.82) is 0 Å². The molecule has 13 heavy (non-hydrogen) atoms. The third-order valence-corrected chi connectivity index (χ3v) is 3.06. The van der Waals surface area contributed by atoms with Crippen molar-refractivity contribution in [3.8, 4) is 0 Å². The van der Waals surface area contributed by atoms with E-state index in [0.29, 0.717) is 6.04 Å². The highest BCUT2D eigenvalue weighted by Crippen LogP contribution is 2.40. The zero-order chi connectivity index (χ0) is 9.42. The highest BCUT2D eigenvalue weighted by molar-refractivity contribution is 4.99. The maximum atomic E-state index is 6.08. The van der Waals surface area contributed by atoms with Crippen LogP contribution in [0.1, 0.15) is 19.2 Å². The summed E-state index contributed by atoms with van der Waals surface area (Å²) in [4.78, 5) is 4.27. The van der Waals surface area contributed by atoms with E-state index in [4.69, 9.17) is 5.73 Å². The van der Waals surface area contributed by atoms with Gasteiger partial charge in [-0.15, -0.1) is 0 Å². The van der Waals surface area contributed by atoms with Crippen LogP contribution in [0.3, 0.4) is 0 Å². The van der Waals surface area contributed by atoms with E-state index < -0.39 is 0 Å². The van der Waals surface area contributed by atoms with Crippen LogP contribution >= 0.6 is 0 Å². The molecule has 1 aromatic heterocycles. The molecule has 0 aromatic carbocycles. The van der Waals surface area contributed by atoms with Gasteiger partial charge in [-0.2, -0.15) is 0 Å². The maximum Gasteiger partial charge on any atom is 0.109 e. The Morgan fingerprint density at radius 1 is 1.77 bits per heavy atom. The minimum atomic E-state index is 0.302. The summed E-state index contributed by atoms with van der Waals surface area (Å²) < 4.78 is 2.05. The summed E-state index contributed by atoms with van der Waals surface area (Å²) in [7, 11) is 2.02. The Balaban J connectivity index is 1.94. The third-order valence-electron chi connectivity index (χ3n) is 3.06. The third kappa shape index (κ3) is 1.75. The van der Waals surface area contributed by atoms with Gasteiger partial charge in [-0.25, -0.2) is 4.98 Å². The van der Waals surface area contributed by atoms with E-state index in [2.05, 4.69) is 11.9 Å². The second-order valence-corrected chi connectivity index (χ2v) is 4.20. The number of hydrogen-bond donors (Lipinski definition) is 1. The SMILES string of the molecule is CC1CC1C(N)Cc1nccn1C. The molecule has 0 radical (unpaired) electrons. The summed E-state index contributed by atoms with van der Waals surface area (Å²) in [6.07, 6.45) is 6.01. The van der Waals surface area contributed by atoms with Crippen molar-refractivity contribution in [2.24, 2.45) is 24.6 Å². The molecular weight excluding hydrogens is 162 g/mol. The lowest BCUT2D eigenvalue weighted by atomic mass is 10.1. The predicted molar refractivity (Wildman–Crippen MR) is 52.2 cm³/mol. The molecule has 1 heterocycles. The van der Waals surface area contributed by atoms with E-state index >= 15 is 0 Å². The zero-order valence-corrected chi connectivity index (χ0v) is 8.27. The van der Waals surface area contributed by atoms with Crippen LogP contribution < -0.4 is 5.73 Å². The minimum Gasteiger partial charge on any atom is -0.338 e. The maximum absolute atomic E-state index is 6.08. The molecule has 0 aliphatic heterocycles. The largest absolute Gasteiger partial charge is 0.338 e. The normalized spacial score (nSPS) is 28.8. The van der Waals surface area contributed by atoms with Crippen molar-refractivity contribution in [3.63, 3.8) is 0 Å². The quantitative estimate of drug-likeness (QED) is 0.750. The molecule has 3 unspecified atom stereocenters. The van der Waals surface area contributed by atoms with Crippen molar-refractivity contribution in [2.45, 2.75) is 25.8 Å². The van der Waals surface area contributed by atoms with E-state index in [1.165, 1.54) is 6.42 Å². The monoisotopic (exact) mass is 179 g/mol. The molecule has 0 saturated heterocycles. The fourth-order valence-electron chi connectivity index (χ4n) is 1.90. The fourth-order valence-corrected chi connectivity index (χ4v) is 1.90. The summed E-state index contributed by atoms with van der Waals surface area (Å²) in [6.45, 7) is 2.27. The lowest BCUT2D eigenvalue weighted by Gasteiger charge is -2.10. The van der Waals surface area contributed by atoms with Gasteiger partial charge in [0.1, 0.15) is 5.82 Å². The number of nitrogens with zero attached hydrogens (tertiary/aromatic N) is 2. The van der Waals surface area contributed by atoms with Gasteiger partial charge in [0.05, 0.1) is 0 Å². The average molecular weight is 179 g/mol. The Morgan fingerprint density at radius 3 is 2.92 bits per heavy atom. The Labute approximate surface area is 79.0 Å². The van der Waals surface area contributed by atoms with Gasteiger partial charge in [0.15, 0.2) is 0 Å². The molecule has 3 heteroatoms. The summed E-state index contributed by atoms with van der Waals surface area (Å²) in [5.74, 6) is 2.67. The molecule has 1 aliphatic carbocycles. The second kappa shape index (κ2) is 3.14. The number of nitrogens with two attached hydrogens (primary N) is 1. The Morgan fingerprint density at radius 2 is 2.46 bits per heavy atom. The molecule has 0 amide bonds. The van der Waals surface area contributed by atoms with Crippen molar-refractivity contribution >= 4 is 0 Å². The number of hydrogen-bond acceptors (Lipinski definition) is 2. The van der Waals surface area contributed by atoms with E-state index in [1.54, 1.807) is 0 Å². The van der Waals surface area contributed by atoms with Crippen LogP contribution in [0.25, 0.3) is 0 Å². The molecule has 1 aliphatic rings. The smallest absolute Gasteiger partial charge is 0.109 e. The Kier molecular flexibility index (Phi) is 2.12. The van der Waals surface area contributed by atoms with Crippen LogP contribution in [0.2, 0.25) is 0 Å². The molecule has 1 aromatic rings. The summed E-state index contributed by atoms with van der Waals surface area (Å²) in [6, 6.07) is 0.302. The molecule has 72 valence electrons. The van der Waals surface area contributed by atoms with Crippen molar-refractivity contribution in [2.75, 3.05) is 0 Å². The number of aromatic nitrogens is 2. The topological polar surface area (TPSA) is 43.8 Å². The molecule has 3 atom stereocenters. The minimum absolute atomic E-state index is 0.302. The first-order chi connectivity index (χ1) is 6.18. The number of imidazole rings is 1. The van der Waals surface area contributed by atoms with E-state index in [1.807, 2.05) is 24.0 Å². The van der Waals surface area contributed by atoms with Crippen LogP contribution in [0.15, 0.2) is 12.4 Å². The van der Waals surface area contributed by atoms with Crippen molar-refractivity contribution in [1.82, 2.24) is 9.55 Å². The number of rotatable bonds is 3. The average Bonchev–Trinajstić information content (AvgIpc) is 2.68. The molecule has 3 nitrogen and oxygen atoms in total. The molecule has 0 spiro atoms. The Hall–Kier alpha value is -0.830. The van der Waals surface area contributed by atoms with Crippen molar-refractivity contribution < 1.29 is 0 Å². The van der Waals surface area contributed by atoms with Crippen LogP contribution in [0.5, 0.6) is 0 Å². The van der Waals surface area contributed by atoms with Gasteiger partial charge < -0.3 is 10.3 Å². The lowest BCUT2D eigenvalue weighted by molar-refractivity contribution is 0.538. The predicted octanol–water partition coefficient (Wildman–Crippen LogP) is 0.946. The van der Waals surface area contributed by atoms with Gasteiger partial charge in [-0.3, -0.25) is 0 Å². The van der Waals surface area contributed by atoms with Gasteiger partial charge in [0, 0.05) is 31.9 Å². The van der Waals surface area contributed by atoms with E-state index in [-0.39, 0.29) is 0 Å².